The zero-order valence-electron chi connectivity index (χ0n) is 17.7. The van der Waals surface area contributed by atoms with Crippen molar-refractivity contribution in [1.82, 2.24) is 14.5 Å². The Balaban J connectivity index is 1.43. The van der Waals surface area contributed by atoms with Gasteiger partial charge in [-0.2, -0.15) is 0 Å². The average molecular weight is 429 g/mol. The van der Waals surface area contributed by atoms with Crippen molar-refractivity contribution in [2.45, 2.75) is 37.9 Å². The molecule has 1 N–H and O–H groups in total. The molecule has 30 heavy (non-hydrogen) atoms. The minimum atomic E-state index is -0.223. The number of para-hydroxylation sites is 2. The van der Waals surface area contributed by atoms with Gasteiger partial charge in [0.15, 0.2) is 5.16 Å². The molecule has 2 aliphatic rings. The van der Waals surface area contributed by atoms with E-state index in [0.717, 1.165) is 11.4 Å². The lowest BCUT2D eigenvalue weighted by molar-refractivity contribution is -0.135. The van der Waals surface area contributed by atoms with Gasteiger partial charge in [0.2, 0.25) is 5.91 Å². The molecule has 1 saturated heterocycles. The molecule has 1 fully saturated rings. The molecular formula is C22H28N4O3S. The van der Waals surface area contributed by atoms with Gasteiger partial charge in [-0.1, -0.05) is 44.7 Å². The zero-order valence-corrected chi connectivity index (χ0v) is 18.5. The van der Waals surface area contributed by atoms with Gasteiger partial charge in [-0.05, 0) is 12.1 Å². The number of aromatic nitrogens is 2. The number of amides is 1. The normalized spacial score (nSPS) is 19.5. The van der Waals surface area contributed by atoms with E-state index >= 15 is 0 Å². The molecule has 8 heteroatoms. The summed E-state index contributed by atoms with van der Waals surface area (Å²) in [4.78, 5) is 34.4. The number of phenolic OH excluding ortho intramolecular Hbond substituents is 1. The minimum absolute atomic E-state index is 0.0840. The van der Waals surface area contributed by atoms with Gasteiger partial charge in [-0.15, -0.1) is 0 Å². The van der Waals surface area contributed by atoms with Crippen LogP contribution in [0, 0.1) is 5.92 Å². The highest BCUT2D eigenvalue weighted by Gasteiger charge is 2.32. The van der Waals surface area contributed by atoms with Crippen LogP contribution in [0.25, 0.3) is 0 Å². The molecule has 4 rings (SSSR count). The number of carbonyl (C=O) groups excluding carboxylic acids is 1. The fourth-order valence-electron chi connectivity index (χ4n) is 3.90. The fourth-order valence-corrected chi connectivity index (χ4v) is 4.98. The number of thioether (sulfide) groups is 1. The summed E-state index contributed by atoms with van der Waals surface area (Å²) in [6.07, 6.45) is 0. The predicted molar refractivity (Wildman–Crippen MR) is 118 cm³/mol. The van der Waals surface area contributed by atoms with Crippen molar-refractivity contribution in [3.05, 3.63) is 46.4 Å². The lowest BCUT2D eigenvalue weighted by Crippen LogP contribution is -2.52. The maximum Gasteiger partial charge on any atom is 0.254 e. The number of benzene rings is 1. The molecule has 0 bridgehead atoms. The van der Waals surface area contributed by atoms with E-state index in [4.69, 9.17) is 0 Å². The summed E-state index contributed by atoms with van der Waals surface area (Å²) in [5.41, 5.74) is 1.32. The van der Waals surface area contributed by atoms with Crippen LogP contribution in [0.2, 0.25) is 0 Å². The highest BCUT2D eigenvalue weighted by atomic mass is 32.2. The molecule has 2 aliphatic heterocycles. The summed E-state index contributed by atoms with van der Waals surface area (Å²) in [5, 5.41) is 10.8. The van der Waals surface area contributed by atoms with Gasteiger partial charge < -0.3 is 14.9 Å². The lowest BCUT2D eigenvalue weighted by atomic mass is 9.92. The van der Waals surface area contributed by atoms with Crippen molar-refractivity contribution in [1.29, 1.82) is 0 Å². The SMILES string of the molecule is CC(C)(C)c1cc(=O)n2c(n1)SCC(C(=O)N1CCN(c3ccccc3O)CC1)C2. The number of hydrogen-bond donors (Lipinski definition) is 1. The first-order valence-corrected chi connectivity index (χ1v) is 11.3. The second kappa shape index (κ2) is 7.98. The standard InChI is InChI=1S/C22H28N4O3S/c1-22(2,3)18-12-19(28)26-13-15(14-30-21(26)23-18)20(29)25-10-8-24(9-11-25)16-6-4-5-7-17(16)27/h4-7,12,15,27H,8-11,13-14H2,1-3H3. The number of fused-ring (bicyclic) bond motifs is 1. The summed E-state index contributed by atoms with van der Waals surface area (Å²) in [6.45, 7) is 9.08. The second-order valence-corrected chi connectivity index (χ2v) is 9.92. The molecule has 1 aromatic heterocycles. The lowest BCUT2D eigenvalue weighted by Gasteiger charge is -2.38. The first-order valence-electron chi connectivity index (χ1n) is 10.3. The van der Waals surface area contributed by atoms with Gasteiger partial charge in [0.05, 0.1) is 17.3 Å². The number of anilines is 1. The molecule has 2 aromatic rings. The molecule has 1 amide bonds. The van der Waals surface area contributed by atoms with Gasteiger partial charge in [0.1, 0.15) is 5.75 Å². The van der Waals surface area contributed by atoms with Crippen LogP contribution in [-0.2, 0) is 16.8 Å². The number of phenols is 1. The summed E-state index contributed by atoms with van der Waals surface area (Å²) >= 11 is 1.49. The van der Waals surface area contributed by atoms with Crippen molar-refractivity contribution in [2.24, 2.45) is 5.92 Å². The summed E-state index contributed by atoms with van der Waals surface area (Å²) in [6, 6.07) is 8.88. The molecule has 0 aliphatic carbocycles. The Morgan fingerprint density at radius 2 is 1.87 bits per heavy atom. The highest BCUT2D eigenvalue weighted by Crippen LogP contribution is 2.30. The Hall–Kier alpha value is -2.48. The van der Waals surface area contributed by atoms with E-state index in [1.165, 1.54) is 11.8 Å². The van der Waals surface area contributed by atoms with Gasteiger partial charge in [0, 0.05) is 50.0 Å². The Morgan fingerprint density at radius 3 is 2.53 bits per heavy atom. The Bertz CT molecular complexity index is 1010. The van der Waals surface area contributed by atoms with Gasteiger partial charge >= 0.3 is 0 Å². The Labute approximate surface area is 180 Å². The summed E-state index contributed by atoms with van der Waals surface area (Å²) < 4.78 is 1.64. The van der Waals surface area contributed by atoms with Gasteiger partial charge in [-0.25, -0.2) is 4.98 Å². The minimum Gasteiger partial charge on any atom is -0.506 e. The number of aromatic hydroxyl groups is 1. The van der Waals surface area contributed by atoms with Gasteiger partial charge in [0.25, 0.3) is 5.56 Å². The maximum absolute atomic E-state index is 13.1. The third-order valence-electron chi connectivity index (χ3n) is 5.72. The number of rotatable bonds is 2. The van der Waals surface area contributed by atoms with Crippen LogP contribution in [0.3, 0.4) is 0 Å². The molecule has 0 saturated carbocycles. The monoisotopic (exact) mass is 428 g/mol. The van der Waals surface area contributed by atoms with Crippen LogP contribution in [0.15, 0.2) is 40.3 Å². The van der Waals surface area contributed by atoms with E-state index in [2.05, 4.69) is 9.88 Å². The van der Waals surface area contributed by atoms with Gasteiger partial charge in [-0.3, -0.25) is 14.2 Å². The molecule has 160 valence electrons. The van der Waals surface area contributed by atoms with Crippen molar-refractivity contribution >= 4 is 23.4 Å². The third-order valence-corrected chi connectivity index (χ3v) is 6.86. The number of carbonyl (C=O) groups is 1. The van der Waals surface area contributed by atoms with Crippen LogP contribution in [-0.4, -0.2) is 57.4 Å². The third kappa shape index (κ3) is 4.05. The quantitative estimate of drug-likeness (QED) is 0.740. The second-order valence-electron chi connectivity index (χ2n) is 8.93. The summed E-state index contributed by atoms with van der Waals surface area (Å²) in [5.74, 6) is 0.772. The first kappa shape index (κ1) is 20.8. The molecule has 1 unspecified atom stereocenters. The van der Waals surface area contributed by atoms with E-state index < -0.39 is 0 Å². The number of hydrogen-bond acceptors (Lipinski definition) is 6. The van der Waals surface area contributed by atoms with E-state index in [1.54, 1.807) is 22.8 Å². The highest BCUT2D eigenvalue weighted by molar-refractivity contribution is 7.99. The molecule has 0 radical (unpaired) electrons. The number of nitrogens with zero attached hydrogens (tertiary/aromatic N) is 4. The molecular weight excluding hydrogens is 400 g/mol. The van der Waals surface area contributed by atoms with E-state index in [1.807, 2.05) is 37.8 Å². The zero-order chi connectivity index (χ0) is 21.5. The fraction of sp³-hybridized carbons (Fsp3) is 0.500. The van der Waals surface area contributed by atoms with Crippen molar-refractivity contribution in [2.75, 3.05) is 36.8 Å². The van der Waals surface area contributed by atoms with Crippen molar-refractivity contribution in [3.8, 4) is 5.75 Å². The molecule has 1 aromatic carbocycles. The molecule has 7 nitrogen and oxygen atoms in total. The van der Waals surface area contributed by atoms with Crippen LogP contribution >= 0.6 is 11.8 Å². The Morgan fingerprint density at radius 1 is 1.17 bits per heavy atom. The van der Waals surface area contributed by atoms with Crippen LogP contribution in [0.5, 0.6) is 5.75 Å². The first-order chi connectivity index (χ1) is 14.2. The van der Waals surface area contributed by atoms with E-state index in [9.17, 15) is 14.7 Å². The predicted octanol–water partition coefficient (Wildman–Crippen LogP) is 2.32. The Kier molecular flexibility index (Phi) is 5.53. The van der Waals surface area contributed by atoms with Crippen LogP contribution < -0.4 is 10.5 Å². The number of piperazine rings is 1. The van der Waals surface area contributed by atoms with Crippen LogP contribution in [0.4, 0.5) is 5.69 Å². The molecule has 0 spiro atoms. The smallest absolute Gasteiger partial charge is 0.254 e. The van der Waals surface area contributed by atoms with E-state index in [-0.39, 0.29) is 28.5 Å². The van der Waals surface area contributed by atoms with Crippen LogP contribution in [0.1, 0.15) is 26.5 Å². The summed E-state index contributed by atoms with van der Waals surface area (Å²) in [7, 11) is 0. The van der Waals surface area contributed by atoms with E-state index in [0.29, 0.717) is 43.6 Å². The topological polar surface area (TPSA) is 78.7 Å². The van der Waals surface area contributed by atoms with Crippen molar-refractivity contribution in [3.63, 3.8) is 0 Å². The molecule has 3 heterocycles. The van der Waals surface area contributed by atoms with Crippen molar-refractivity contribution < 1.29 is 9.90 Å². The average Bonchev–Trinajstić information content (AvgIpc) is 2.73. The largest absolute Gasteiger partial charge is 0.506 e. The molecule has 1 atom stereocenters. The maximum atomic E-state index is 13.1.